The Balaban J connectivity index is 2.03. The highest BCUT2D eigenvalue weighted by Crippen LogP contribution is 2.28. The molecular formula is C14H12BrN3O2. The van der Waals surface area contributed by atoms with Crippen LogP contribution in [0.2, 0.25) is 0 Å². The first-order valence-corrected chi connectivity index (χ1v) is 6.93. The first kappa shape index (κ1) is 13.1. The van der Waals surface area contributed by atoms with E-state index in [2.05, 4.69) is 25.9 Å². The summed E-state index contributed by atoms with van der Waals surface area (Å²) in [6.45, 7) is 0.0745. The molecule has 0 amide bonds. The van der Waals surface area contributed by atoms with E-state index in [0.717, 1.165) is 5.56 Å². The Labute approximate surface area is 124 Å². The average molecular weight is 334 g/mol. The highest BCUT2D eigenvalue weighted by molar-refractivity contribution is 9.10. The van der Waals surface area contributed by atoms with Gasteiger partial charge in [-0.15, -0.1) is 0 Å². The van der Waals surface area contributed by atoms with Gasteiger partial charge in [-0.1, -0.05) is 18.2 Å². The van der Waals surface area contributed by atoms with Crippen molar-refractivity contribution in [3.05, 3.63) is 53.0 Å². The number of halogens is 1. The number of aliphatic hydroxyl groups is 1. The zero-order valence-electron chi connectivity index (χ0n) is 10.5. The predicted molar refractivity (Wildman–Crippen MR) is 78.0 cm³/mol. The lowest BCUT2D eigenvalue weighted by Crippen LogP contribution is -1.98. The van der Waals surface area contributed by atoms with Gasteiger partial charge in [0.15, 0.2) is 0 Å². The van der Waals surface area contributed by atoms with E-state index in [1.165, 1.54) is 0 Å². The van der Waals surface area contributed by atoms with E-state index < -0.39 is 0 Å². The Hall–Kier alpha value is -1.92. The zero-order chi connectivity index (χ0) is 13.9. The molecule has 0 atom stereocenters. The SMILES string of the molecule is OCCc1ccccc1Oc1nc(Br)cn2ccnc12. The topological polar surface area (TPSA) is 59.7 Å². The highest BCUT2D eigenvalue weighted by Gasteiger charge is 2.11. The number of hydrogen-bond donors (Lipinski definition) is 1. The fraction of sp³-hybridized carbons (Fsp3) is 0.143. The van der Waals surface area contributed by atoms with Crippen molar-refractivity contribution < 1.29 is 9.84 Å². The second-order valence-corrected chi connectivity index (χ2v) is 5.02. The van der Waals surface area contributed by atoms with Gasteiger partial charge in [0.1, 0.15) is 10.4 Å². The molecule has 6 heteroatoms. The first-order chi connectivity index (χ1) is 9.78. The van der Waals surface area contributed by atoms with Crippen molar-refractivity contribution in [3.8, 4) is 11.6 Å². The molecular weight excluding hydrogens is 322 g/mol. The van der Waals surface area contributed by atoms with Gasteiger partial charge < -0.3 is 9.84 Å². The van der Waals surface area contributed by atoms with Crippen molar-refractivity contribution >= 4 is 21.6 Å². The number of rotatable bonds is 4. The van der Waals surface area contributed by atoms with E-state index in [1.807, 2.05) is 41.1 Å². The number of aliphatic hydroxyl groups excluding tert-OH is 1. The average Bonchev–Trinajstić information content (AvgIpc) is 2.89. The molecule has 0 aliphatic heterocycles. The largest absolute Gasteiger partial charge is 0.436 e. The van der Waals surface area contributed by atoms with Crippen molar-refractivity contribution in [2.75, 3.05) is 6.61 Å². The van der Waals surface area contributed by atoms with Crippen molar-refractivity contribution in [1.29, 1.82) is 0 Å². The van der Waals surface area contributed by atoms with Crippen LogP contribution in [0.1, 0.15) is 5.56 Å². The van der Waals surface area contributed by atoms with Crippen molar-refractivity contribution in [2.24, 2.45) is 0 Å². The Morgan fingerprint density at radius 1 is 1.30 bits per heavy atom. The van der Waals surface area contributed by atoms with Gasteiger partial charge in [-0.05, 0) is 34.0 Å². The summed E-state index contributed by atoms with van der Waals surface area (Å²) in [5.74, 6) is 1.10. The van der Waals surface area contributed by atoms with Crippen LogP contribution < -0.4 is 4.74 Å². The maximum atomic E-state index is 9.10. The van der Waals surface area contributed by atoms with Crippen LogP contribution in [-0.4, -0.2) is 26.1 Å². The molecule has 0 radical (unpaired) electrons. The molecule has 5 nitrogen and oxygen atoms in total. The van der Waals surface area contributed by atoms with Gasteiger partial charge in [-0.2, -0.15) is 0 Å². The molecule has 0 aliphatic rings. The molecule has 1 N–H and O–H groups in total. The van der Waals surface area contributed by atoms with Gasteiger partial charge in [-0.25, -0.2) is 9.97 Å². The number of ether oxygens (including phenoxy) is 1. The maximum Gasteiger partial charge on any atom is 0.264 e. The number of benzene rings is 1. The highest BCUT2D eigenvalue weighted by atomic mass is 79.9. The molecule has 0 aliphatic carbocycles. The van der Waals surface area contributed by atoms with Crippen molar-refractivity contribution in [2.45, 2.75) is 6.42 Å². The normalized spacial score (nSPS) is 10.9. The lowest BCUT2D eigenvalue weighted by atomic mass is 10.1. The summed E-state index contributed by atoms with van der Waals surface area (Å²) in [5, 5.41) is 9.10. The van der Waals surface area contributed by atoms with Gasteiger partial charge in [0.2, 0.25) is 5.65 Å². The molecule has 1 aromatic carbocycles. The van der Waals surface area contributed by atoms with Gasteiger partial charge in [-0.3, -0.25) is 4.40 Å². The monoisotopic (exact) mass is 333 g/mol. The fourth-order valence-electron chi connectivity index (χ4n) is 1.98. The summed E-state index contributed by atoms with van der Waals surface area (Å²) >= 11 is 3.35. The molecule has 0 saturated carbocycles. The fourth-order valence-corrected chi connectivity index (χ4v) is 2.36. The van der Waals surface area contributed by atoms with Gasteiger partial charge in [0.05, 0.1) is 0 Å². The summed E-state index contributed by atoms with van der Waals surface area (Å²) < 4.78 is 8.38. The van der Waals surface area contributed by atoms with E-state index in [-0.39, 0.29) is 6.61 Å². The van der Waals surface area contributed by atoms with Crippen molar-refractivity contribution in [3.63, 3.8) is 0 Å². The summed E-state index contributed by atoms with van der Waals surface area (Å²) in [7, 11) is 0. The van der Waals surface area contributed by atoms with Crippen LogP contribution in [0.15, 0.2) is 47.5 Å². The molecule has 0 unspecified atom stereocenters. The first-order valence-electron chi connectivity index (χ1n) is 6.14. The lowest BCUT2D eigenvalue weighted by Gasteiger charge is -2.10. The molecule has 3 aromatic rings. The molecule has 2 aromatic heterocycles. The minimum absolute atomic E-state index is 0.0745. The smallest absolute Gasteiger partial charge is 0.264 e. The molecule has 102 valence electrons. The molecule has 0 spiro atoms. The number of nitrogens with zero attached hydrogens (tertiary/aromatic N) is 3. The summed E-state index contributed by atoms with van der Waals surface area (Å²) in [5.41, 5.74) is 1.58. The third-order valence-corrected chi connectivity index (χ3v) is 3.26. The lowest BCUT2D eigenvalue weighted by molar-refractivity contribution is 0.297. The van der Waals surface area contributed by atoms with Crippen LogP contribution in [-0.2, 0) is 6.42 Å². The van der Waals surface area contributed by atoms with E-state index in [0.29, 0.717) is 28.3 Å². The summed E-state index contributed by atoms with van der Waals surface area (Å²) in [6, 6.07) is 7.58. The van der Waals surface area contributed by atoms with Gasteiger partial charge in [0.25, 0.3) is 5.88 Å². The maximum absolute atomic E-state index is 9.10. The number of para-hydroxylation sites is 1. The van der Waals surface area contributed by atoms with Crippen molar-refractivity contribution in [1.82, 2.24) is 14.4 Å². The number of imidazole rings is 1. The van der Waals surface area contributed by atoms with E-state index in [9.17, 15) is 0 Å². The quantitative estimate of drug-likeness (QED) is 0.797. The molecule has 20 heavy (non-hydrogen) atoms. The zero-order valence-corrected chi connectivity index (χ0v) is 12.1. The minimum Gasteiger partial charge on any atom is -0.436 e. The minimum atomic E-state index is 0.0745. The van der Waals surface area contributed by atoms with Crippen LogP contribution in [0.3, 0.4) is 0 Å². The molecule has 0 saturated heterocycles. The Bertz CT molecular complexity index is 742. The van der Waals surface area contributed by atoms with Crippen LogP contribution in [0.25, 0.3) is 5.65 Å². The number of hydrogen-bond acceptors (Lipinski definition) is 4. The van der Waals surface area contributed by atoms with Crippen LogP contribution >= 0.6 is 15.9 Å². The molecule has 2 heterocycles. The van der Waals surface area contributed by atoms with Crippen LogP contribution in [0.5, 0.6) is 11.6 Å². The molecule has 0 fully saturated rings. The van der Waals surface area contributed by atoms with E-state index in [4.69, 9.17) is 9.84 Å². The predicted octanol–water partition coefficient (Wildman–Crippen LogP) is 2.82. The van der Waals surface area contributed by atoms with E-state index >= 15 is 0 Å². The molecule has 0 bridgehead atoms. The van der Waals surface area contributed by atoms with Gasteiger partial charge in [0, 0.05) is 25.2 Å². The third-order valence-electron chi connectivity index (χ3n) is 2.87. The summed E-state index contributed by atoms with van der Waals surface area (Å²) in [4.78, 5) is 8.56. The Morgan fingerprint density at radius 3 is 3.00 bits per heavy atom. The second-order valence-electron chi connectivity index (χ2n) is 4.21. The standard InChI is InChI=1S/C14H12BrN3O2/c15-12-9-18-7-6-16-13(18)14(17-12)20-11-4-2-1-3-10(11)5-8-19/h1-4,6-7,9,19H,5,8H2. The third kappa shape index (κ3) is 2.52. The number of aromatic nitrogens is 3. The van der Waals surface area contributed by atoms with Gasteiger partial charge >= 0.3 is 0 Å². The van der Waals surface area contributed by atoms with Crippen LogP contribution in [0.4, 0.5) is 0 Å². The molecule has 3 rings (SSSR count). The van der Waals surface area contributed by atoms with E-state index in [1.54, 1.807) is 6.20 Å². The second kappa shape index (κ2) is 5.60. The van der Waals surface area contributed by atoms with Crippen LogP contribution in [0, 0.1) is 0 Å². The summed E-state index contributed by atoms with van der Waals surface area (Å²) in [6.07, 6.45) is 5.87. The Kier molecular flexibility index (Phi) is 3.66. The number of fused-ring (bicyclic) bond motifs is 1. The Morgan fingerprint density at radius 2 is 2.15 bits per heavy atom.